The van der Waals surface area contributed by atoms with Crippen molar-refractivity contribution in [1.29, 1.82) is 0 Å². The van der Waals surface area contributed by atoms with Crippen LogP contribution < -0.4 is 4.90 Å². The summed E-state index contributed by atoms with van der Waals surface area (Å²) in [6, 6.07) is 8.21. The standard InChI is InChI=1S/C14H19NO2/c1-11-6-8-12(9-7-11)15-10-4-3-5-13(15)14(16)17-2/h6-9,13H,3-5,10H2,1-2H3. The maximum atomic E-state index is 11.8. The van der Waals surface area contributed by atoms with Crippen LogP contribution in [0.1, 0.15) is 24.8 Å². The summed E-state index contributed by atoms with van der Waals surface area (Å²) in [4.78, 5) is 13.9. The van der Waals surface area contributed by atoms with Gasteiger partial charge < -0.3 is 9.64 Å². The highest BCUT2D eigenvalue weighted by molar-refractivity contribution is 5.80. The van der Waals surface area contributed by atoms with E-state index in [2.05, 4.69) is 36.1 Å². The molecule has 1 heterocycles. The molecule has 0 spiro atoms. The lowest BCUT2D eigenvalue weighted by Crippen LogP contribution is -2.45. The number of carbonyl (C=O) groups is 1. The van der Waals surface area contributed by atoms with Crippen molar-refractivity contribution in [2.75, 3.05) is 18.6 Å². The van der Waals surface area contributed by atoms with Gasteiger partial charge in [0.2, 0.25) is 0 Å². The summed E-state index contributed by atoms with van der Waals surface area (Å²) in [5.74, 6) is -0.120. The van der Waals surface area contributed by atoms with Crippen molar-refractivity contribution in [2.45, 2.75) is 32.2 Å². The molecule has 1 aromatic carbocycles. The number of carbonyl (C=O) groups excluding carboxylic acids is 1. The van der Waals surface area contributed by atoms with Crippen molar-refractivity contribution >= 4 is 11.7 Å². The fourth-order valence-corrected chi connectivity index (χ4v) is 2.36. The molecular weight excluding hydrogens is 214 g/mol. The first kappa shape index (κ1) is 12.0. The summed E-state index contributed by atoms with van der Waals surface area (Å²) in [6.07, 6.45) is 3.13. The highest BCUT2D eigenvalue weighted by Gasteiger charge is 2.29. The average Bonchev–Trinajstić information content (AvgIpc) is 2.39. The van der Waals surface area contributed by atoms with Crippen LogP contribution in [0.3, 0.4) is 0 Å². The zero-order valence-corrected chi connectivity index (χ0v) is 10.5. The van der Waals surface area contributed by atoms with Gasteiger partial charge in [-0.3, -0.25) is 0 Å². The number of methoxy groups -OCH3 is 1. The number of rotatable bonds is 2. The van der Waals surface area contributed by atoms with Gasteiger partial charge in [0.1, 0.15) is 6.04 Å². The van der Waals surface area contributed by atoms with E-state index in [-0.39, 0.29) is 12.0 Å². The molecule has 2 rings (SSSR count). The number of esters is 1. The van der Waals surface area contributed by atoms with Crippen LogP contribution in [0.25, 0.3) is 0 Å². The van der Waals surface area contributed by atoms with Crippen LogP contribution in [-0.4, -0.2) is 25.7 Å². The van der Waals surface area contributed by atoms with Gasteiger partial charge in [-0.1, -0.05) is 17.7 Å². The molecule has 0 radical (unpaired) electrons. The van der Waals surface area contributed by atoms with Crippen LogP contribution in [0.5, 0.6) is 0 Å². The minimum atomic E-state index is -0.120. The topological polar surface area (TPSA) is 29.5 Å². The second-order valence-electron chi connectivity index (χ2n) is 4.56. The second-order valence-corrected chi connectivity index (χ2v) is 4.56. The van der Waals surface area contributed by atoms with Gasteiger partial charge in [-0.05, 0) is 38.3 Å². The molecule has 1 unspecified atom stereocenters. The van der Waals surface area contributed by atoms with Crippen molar-refractivity contribution < 1.29 is 9.53 Å². The van der Waals surface area contributed by atoms with Crippen LogP contribution in [0.15, 0.2) is 24.3 Å². The van der Waals surface area contributed by atoms with Crippen LogP contribution in [0.4, 0.5) is 5.69 Å². The van der Waals surface area contributed by atoms with Crippen molar-refractivity contribution in [1.82, 2.24) is 0 Å². The van der Waals surface area contributed by atoms with Gasteiger partial charge in [-0.25, -0.2) is 4.79 Å². The van der Waals surface area contributed by atoms with Crippen LogP contribution in [0, 0.1) is 6.92 Å². The second kappa shape index (κ2) is 5.21. The summed E-state index contributed by atoms with van der Waals surface area (Å²) in [7, 11) is 1.46. The number of ether oxygens (including phenoxy) is 1. The average molecular weight is 233 g/mol. The molecule has 0 N–H and O–H groups in total. The lowest BCUT2D eigenvalue weighted by Gasteiger charge is -2.35. The van der Waals surface area contributed by atoms with E-state index >= 15 is 0 Å². The molecule has 3 heteroatoms. The lowest BCUT2D eigenvalue weighted by atomic mass is 10.0. The Kier molecular flexibility index (Phi) is 3.67. The predicted molar refractivity (Wildman–Crippen MR) is 68.2 cm³/mol. The number of anilines is 1. The number of hydrogen-bond donors (Lipinski definition) is 0. The van der Waals surface area contributed by atoms with Gasteiger partial charge in [0.05, 0.1) is 7.11 Å². The van der Waals surface area contributed by atoms with Crippen molar-refractivity contribution in [3.63, 3.8) is 0 Å². The molecule has 3 nitrogen and oxygen atoms in total. The van der Waals surface area contributed by atoms with Gasteiger partial charge >= 0.3 is 5.97 Å². The Morgan fingerprint density at radius 1 is 1.29 bits per heavy atom. The lowest BCUT2D eigenvalue weighted by molar-refractivity contribution is -0.142. The van der Waals surface area contributed by atoms with Crippen molar-refractivity contribution in [2.24, 2.45) is 0 Å². The van der Waals surface area contributed by atoms with E-state index in [1.165, 1.54) is 12.7 Å². The fourth-order valence-electron chi connectivity index (χ4n) is 2.36. The zero-order chi connectivity index (χ0) is 12.3. The van der Waals surface area contributed by atoms with E-state index < -0.39 is 0 Å². The first-order chi connectivity index (χ1) is 8.22. The fraction of sp³-hybridized carbons (Fsp3) is 0.500. The maximum absolute atomic E-state index is 11.8. The third-order valence-corrected chi connectivity index (χ3v) is 3.34. The Morgan fingerprint density at radius 3 is 2.65 bits per heavy atom. The summed E-state index contributed by atoms with van der Waals surface area (Å²) in [5.41, 5.74) is 2.35. The van der Waals surface area contributed by atoms with Crippen LogP contribution in [0.2, 0.25) is 0 Å². The third-order valence-electron chi connectivity index (χ3n) is 3.34. The Morgan fingerprint density at radius 2 is 2.00 bits per heavy atom. The molecule has 0 bridgehead atoms. The van der Waals surface area contributed by atoms with E-state index in [1.807, 2.05) is 0 Å². The molecule has 1 fully saturated rings. The molecule has 0 aliphatic carbocycles. The molecule has 92 valence electrons. The highest BCUT2D eigenvalue weighted by Crippen LogP contribution is 2.25. The predicted octanol–water partition coefficient (Wildman–Crippen LogP) is 2.53. The molecule has 1 saturated heterocycles. The molecule has 0 saturated carbocycles. The normalized spacial score (nSPS) is 20.1. The molecule has 1 aromatic rings. The summed E-state index contributed by atoms with van der Waals surface area (Å²) >= 11 is 0. The molecule has 17 heavy (non-hydrogen) atoms. The van der Waals surface area contributed by atoms with Crippen LogP contribution >= 0.6 is 0 Å². The quantitative estimate of drug-likeness (QED) is 0.735. The monoisotopic (exact) mass is 233 g/mol. The smallest absolute Gasteiger partial charge is 0.328 e. The van der Waals surface area contributed by atoms with E-state index in [1.54, 1.807) is 0 Å². The molecule has 0 amide bonds. The Labute approximate surface area is 102 Å². The molecular formula is C14H19NO2. The van der Waals surface area contributed by atoms with E-state index in [4.69, 9.17) is 4.74 Å². The van der Waals surface area contributed by atoms with Gasteiger partial charge in [0.15, 0.2) is 0 Å². The largest absolute Gasteiger partial charge is 0.467 e. The first-order valence-corrected chi connectivity index (χ1v) is 6.13. The van der Waals surface area contributed by atoms with Gasteiger partial charge in [0.25, 0.3) is 0 Å². The van der Waals surface area contributed by atoms with E-state index in [0.717, 1.165) is 31.5 Å². The summed E-state index contributed by atoms with van der Waals surface area (Å²) < 4.78 is 4.88. The number of piperidine rings is 1. The van der Waals surface area contributed by atoms with E-state index in [0.29, 0.717) is 0 Å². The first-order valence-electron chi connectivity index (χ1n) is 6.13. The summed E-state index contributed by atoms with van der Waals surface area (Å²) in [5, 5.41) is 0. The number of aryl methyl sites for hydroxylation is 1. The maximum Gasteiger partial charge on any atom is 0.328 e. The number of nitrogens with zero attached hydrogens (tertiary/aromatic N) is 1. The molecule has 1 atom stereocenters. The molecule has 1 aliphatic rings. The number of benzene rings is 1. The van der Waals surface area contributed by atoms with Crippen molar-refractivity contribution in [3.05, 3.63) is 29.8 Å². The zero-order valence-electron chi connectivity index (χ0n) is 10.5. The minimum absolute atomic E-state index is 0.114. The Hall–Kier alpha value is -1.51. The highest BCUT2D eigenvalue weighted by atomic mass is 16.5. The van der Waals surface area contributed by atoms with Gasteiger partial charge in [-0.15, -0.1) is 0 Å². The minimum Gasteiger partial charge on any atom is -0.467 e. The Balaban J connectivity index is 2.21. The number of hydrogen-bond acceptors (Lipinski definition) is 3. The molecule has 0 aromatic heterocycles. The Bertz CT molecular complexity index is 386. The van der Waals surface area contributed by atoms with Gasteiger partial charge in [-0.2, -0.15) is 0 Å². The SMILES string of the molecule is COC(=O)C1CCCCN1c1ccc(C)cc1. The van der Waals surface area contributed by atoms with E-state index in [9.17, 15) is 4.79 Å². The third kappa shape index (κ3) is 2.60. The van der Waals surface area contributed by atoms with Crippen LogP contribution in [-0.2, 0) is 9.53 Å². The van der Waals surface area contributed by atoms with Crippen molar-refractivity contribution in [3.8, 4) is 0 Å². The molecule has 1 aliphatic heterocycles. The van der Waals surface area contributed by atoms with Gasteiger partial charge in [0, 0.05) is 12.2 Å². The summed E-state index contributed by atoms with van der Waals surface area (Å²) in [6.45, 7) is 3.00.